The third kappa shape index (κ3) is 7.03. The molecule has 0 saturated carbocycles. The quantitative estimate of drug-likeness (QED) is 0.0904. The molecule has 52 heavy (non-hydrogen) atoms. The summed E-state index contributed by atoms with van der Waals surface area (Å²) in [6, 6.07) is 14.9. The second kappa shape index (κ2) is 16.1. The number of rotatable bonds is 17. The molecule has 0 radical (unpaired) electrons. The SMILES string of the molecule is C=CCCC(=O)N[C@H](C)[C@@H](OC(=O)[C@H]1[C@@H]2O[C@@]3(CC2Br)[C@@H]1C(=O)N(CCCCO)[C@@H]3C(=O)N(CC=C)Cn1nnc2ccccc21)c1ccccc1. The first kappa shape index (κ1) is 37.4. The van der Waals surface area contributed by atoms with Crippen LogP contribution in [0.15, 0.2) is 79.9 Å². The van der Waals surface area contributed by atoms with Gasteiger partial charge < -0.3 is 29.7 Å². The third-order valence-electron chi connectivity index (χ3n) is 10.3. The average molecular weight is 778 g/mol. The number of unbranched alkanes of at least 4 members (excludes halogenated alkanes) is 1. The Morgan fingerprint density at radius 3 is 2.63 bits per heavy atom. The van der Waals surface area contributed by atoms with E-state index in [4.69, 9.17) is 9.47 Å². The highest BCUT2D eigenvalue weighted by Gasteiger charge is 2.77. The van der Waals surface area contributed by atoms with Crippen molar-refractivity contribution >= 4 is 50.7 Å². The Hall–Kier alpha value is -4.40. The minimum atomic E-state index is -1.33. The van der Waals surface area contributed by atoms with Crippen LogP contribution in [0.1, 0.15) is 50.7 Å². The summed E-state index contributed by atoms with van der Waals surface area (Å²) in [5.41, 5.74) is 0.767. The fourth-order valence-electron chi connectivity index (χ4n) is 7.98. The molecule has 3 fully saturated rings. The van der Waals surface area contributed by atoms with Crippen LogP contribution >= 0.6 is 15.9 Å². The van der Waals surface area contributed by atoms with Crippen LogP contribution in [-0.2, 0) is 35.3 Å². The number of aliphatic hydroxyl groups is 1. The summed E-state index contributed by atoms with van der Waals surface area (Å²) < 4.78 is 14.6. The molecule has 1 unspecified atom stereocenters. The van der Waals surface area contributed by atoms with Crippen molar-refractivity contribution in [2.75, 3.05) is 19.7 Å². The molecule has 3 saturated heterocycles. The molecule has 1 spiro atoms. The number of para-hydroxylation sites is 1. The maximum atomic E-state index is 14.8. The number of amides is 3. The van der Waals surface area contributed by atoms with E-state index < -0.39 is 47.7 Å². The number of aromatic nitrogens is 3. The first-order valence-corrected chi connectivity index (χ1v) is 18.6. The van der Waals surface area contributed by atoms with Gasteiger partial charge in [0.1, 0.15) is 29.9 Å². The lowest BCUT2D eigenvalue weighted by molar-refractivity contribution is -0.162. The first-order chi connectivity index (χ1) is 25.1. The number of esters is 1. The van der Waals surface area contributed by atoms with Crippen LogP contribution in [0.5, 0.6) is 0 Å². The molecular weight excluding hydrogens is 732 g/mol. The van der Waals surface area contributed by atoms with Gasteiger partial charge in [0.2, 0.25) is 17.7 Å². The molecule has 3 amide bonds. The second-order valence-corrected chi connectivity index (χ2v) is 14.8. The predicted molar refractivity (Wildman–Crippen MR) is 195 cm³/mol. The number of allylic oxidation sites excluding steroid dienone is 1. The van der Waals surface area contributed by atoms with E-state index >= 15 is 0 Å². The smallest absolute Gasteiger partial charge is 0.313 e. The number of alkyl halides is 1. The lowest BCUT2D eigenvalue weighted by atomic mass is 9.70. The number of nitrogens with zero attached hydrogens (tertiary/aromatic N) is 5. The number of carbonyl (C=O) groups is 4. The van der Waals surface area contributed by atoms with E-state index in [0.717, 1.165) is 5.52 Å². The van der Waals surface area contributed by atoms with Crippen LogP contribution < -0.4 is 5.32 Å². The fraction of sp³-hybridized carbons (Fsp3) is 0.474. The molecule has 1 aromatic heterocycles. The molecule has 13 nitrogen and oxygen atoms in total. The lowest BCUT2D eigenvalue weighted by Gasteiger charge is -2.37. The van der Waals surface area contributed by atoms with Crippen molar-refractivity contribution in [3.05, 3.63) is 85.5 Å². The molecule has 3 aromatic rings. The Bertz CT molecular complexity index is 1800. The van der Waals surface area contributed by atoms with Gasteiger partial charge in [-0.1, -0.05) is 75.8 Å². The van der Waals surface area contributed by atoms with Crippen LogP contribution in [-0.4, -0.2) is 102 Å². The molecule has 2 aromatic carbocycles. The zero-order valence-corrected chi connectivity index (χ0v) is 30.8. The molecule has 276 valence electrons. The Balaban J connectivity index is 1.32. The van der Waals surface area contributed by atoms with E-state index in [1.807, 2.05) is 54.6 Å². The van der Waals surface area contributed by atoms with Gasteiger partial charge in [-0.2, -0.15) is 0 Å². The van der Waals surface area contributed by atoms with Crippen molar-refractivity contribution in [2.24, 2.45) is 11.8 Å². The number of ether oxygens (including phenoxy) is 2. The number of nitrogens with one attached hydrogen (secondary N) is 1. The van der Waals surface area contributed by atoms with Gasteiger partial charge in [0.05, 0.1) is 29.5 Å². The van der Waals surface area contributed by atoms with Crippen LogP contribution in [0.3, 0.4) is 0 Å². The lowest BCUT2D eigenvalue weighted by Crippen LogP contribution is -2.57. The monoisotopic (exact) mass is 776 g/mol. The largest absolute Gasteiger partial charge is 0.455 e. The molecule has 0 aliphatic carbocycles. The minimum Gasteiger partial charge on any atom is -0.455 e. The van der Waals surface area contributed by atoms with E-state index in [2.05, 4.69) is 44.7 Å². The molecule has 2 bridgehead atoms. The van der Waals surface area contributed by atoms with Crippen LogP contribution in [0.25, 0.3) is 11.0 Å². The first-order valence-electron chi connectivity index (χ1n) is 17.7. The number of likely N-dealkylation sites (tertiary alicyclic amines) is 1. The highest BCUT2D eigenvalue weighted by atomic mass is 79.9. The number of aliphatic hydroxyl groups excluding tert-OH is 1. The number of benzene rings is 2. The zero-order chi connectivity index (χ0) is 37.0. The average Bonchev–Trinajstić information content (AvgIpc) is 3.86. The number of fused-ring (bicyclic) bond motifs is 2. The summed E-state index contributed by atoms with van der Waals surface area (Å²) in [6.45, 7) is 9.65. The Labute approximate surface area is 311 Å². The Morgan fingerprint density at radius 1 is 1.15 bits per heavy atom. The zero-order valence-electron chi connectivity index (χ0n) is 29.2. The standard InChI is InChI=1S/C38H45BrN6O7/c1-4-6-18-29(47)40-24(3)32(25-14-8-7-9-15-25)51-37(50)30-31-35(48)44(20-12-13-21-46)34(38(31)22-26(39)33(30)52-38)36(49)43(19-5-2)23-45-28-17-11-10-16-27(28)41-42-45/h4-5,7-11,14-17,24,26,30-34,46H,1-2,6,12-13,18-23H2,3H3,(H,40,47)/t24-,26?,30-,31+,32-,33-,34-,38+/m1/s1. The van der Waals surface area contributed by atoms with Gasteiger partial charge in [-0.3, -0.25) is 19.2 Å². The van der Waals surface area contributed by atoms with E-state index in [1.165, 1.54) is 4.90 Å². The van der Waals surface area contributed by atoms with Gasteiger partial charge in [-0.25, -0.2) is 4.68 Å². The van der Waals surface area contributed by atoms with Crippen molar-refractivity contribution in [2.45, 2.75) is 80.4 Å². The summed E-state index contributed by atoms with van der Waals surface area (Å²) >= 11 is 3.73. The van der Waals surface area contributed by atoms with Crippen molar-refractivity contribution < 1.29 is 33.8 Å². The Kier molecular flexibility index (Phi) is 11.6. The van der Waals surface area contributed by atoms with Crippen molar-refractivity contribution in [3.8, 4) is 0 Å². The molecule has 3 aliphatic heterocycles. The maximum Gasteiger partial charge on any atom is 0.313 e. The van der Waals surface area contributed by atoms with E-state index in [-0.39, 0.29) is 55.3 Å². The predicted octanol–water partition coefficient (Wildman–Crippen LogP) is 3.68. The molecule has 8 atom stereocenters. The third-order valence-corrected chi connectivity index (χ3v) is 11.1. The van der Waals surface area contributed by atoms with Gasteiger partial charge in [0, 0.05) is 30.9 Å². The topological polar surface area (TPSA) is 156 Å². The van der Waals surface area contributed by atoms with Crippen LogP contribution in [0.4, 0.5) is 0 Å². The molecule has 6 rings (SSSR count). The maximum absolute atomic E-state index is 14.8. The van der Waals surface area contributed by atoms with E-state index in [1.54, 1.807) is 28.7 Å². The molecule has 14 heteroatoms. The normalized spacial score (nSPS) is 25.8. The number of hydrogen-bond donors (Lipinski definition) is 2. The molecule has 3 aliphatic rings. The highest BCUT2D eigenvalue weighted by Crippen LogP contribution is 2.60. The minimum absolute atomic E-state index is 0.0447. The molecular formula is C38H45BrN6O7. The van der Waals surface area contributed by atoms with Gasteiger partial charge in [-0.15, -0.1) is 18.3 Å². The highest BCUT2D eigenvalue weighted by molar-refractivity contribution is 9.09. The van der Waals surface area contributed by atoms with Crippen molar-refractivity contribution in [3.63, 3.8) is 0 Å². The van der Waals surface area contributed by atoms with Crippen molar-refractivity contribution in [1.82, 2.24) is 30.1 Å². The van der Waals surface area contributed by atoms with Gasteiger partial charge in [0.15, 0.2) is 0 Å². The van der Waals surface area contributed by atoms with Crippen LogP contribution in [0.2, 0.25) is 0 Å². The fourth-order valence-corrected chi connectivity index (χ4v) is 8.93. The summed E-state index contributed by atoms with van der Waals surface area (Å²) in [6.07, 6.45) is 3.60. The van der Waals surface area contributed by atoms with E-state index in [9.17, 15) is 24.3 Å². The van der Waals surface area contributed by atoms with Gasteiger partial charge in [-0.05, 0) is 50.3 Å². The number of halogens is 1. The van der Waals surface area contributed by atoms with Crippen molar-refractivity contribution in [1.29, 1.82) is 0 Å². The summed E-state index contributed by atoms with van der Waals surface area (Å²) in [4.78, 5) is 59.3. The van der Waals surface area contributed by atoms with E-state index in [0.29, 0.717) is 36.8 Å². The molecule has 2 N–H and O–H groups in total. The van der Waals surface area contributed by atoms with Gasteiger partial charge >= 0.3 is 5.97 Å². The van der Waals surface area contributed by atoms with Crippen LogP contribution in [0, 0.1) is 11.8 Å². The number of hydrogen-bond acceptors (Lipinski definition) is 9. The molecule has 4 heterocycles. The number of carbonyl (C=O) groups excluding carboxylic acids is 4. The summed E-state index contributed by atoms with van der Waals surface area (Å²) in [7, 11) is 0. The Morgan fingerprint density at radius 2 is 1.90 bits per heavy atom. The summed E-state index contributed by atoms with van der Waals surface area (Å²) in [5, 5.41) is 21.0. The summed E-state index contributed by atoms with van der Waals surface area (Å²) in [5.74, 6) is -3.60. The van der Waals surface area contributed by atoms with Gasteiger partial charge in [0.25, 0.3) is 0 Å². The second-order valence-electron chi connectivity index (χ2n) is 13.6.